The average molecular weight is 392 g/mol. The molecule has 1 amide bonds. The predicted octanol–water partition coefficient (Wildman–Crippen LogP) is 3.14. The maximum Gasteiger partial charge on any atom is 0.337 e. The lowest BCUT2D eigenvalue weighted by atomic mass is 10.2. The number of anilines is 2. The Hall–Kier alpha value is -3.94. The van der Waals surface area contributed by atoms with Crippen molar-refractivity contribution in [3.63, 3.8) is 0 Å². The third kappa shape index (κ3) is 5.07. The summed E-state index contributed by atoms with van der Waals surface area (Å²) in [5.41, 5.74) is 1.92. The highest BCUT2D eigenvalue weighted by Gasteiger charge is 2.12. The van der Waals surface area contributed by atoms with Gasteiger partial charge in [0.2, 0.25) is 5.95 Å². The van der Waals surface area contributed by atoms with Crippen molar-refractivity contribution in [3.05, 3.63) is 77.6 Å². The molecule has 0 saturated heterocycles. The van der Waals surface area contributed by atoms with Gasteiger partial charge in [-0.3, -0.25) is 4.79 Å². The Morgan fingerprint density at radius 2 is 1.86 bits per heavy atom. The summed E-state index contributed by atoms with van der Waals surface area (Å²) >= 11 is 0. The van der Waals surface area contributed by atoms with E-state index < -0.39 is 11.9 Å². The number of methoxy groups -OCH3 is 2. The summed E-state index contributed by atoms with van der Waals surface area (Å²) in [6, 6.07) is 15.6. The molecule has 1 heterocycles. The Labute approximate surface area is 167 Å². The van der Waals surface area contributed by atoms with Crippen molar-refractivity contribution in [3.8, 4) is 5.75 Å². The van der Waals surface area contributed by atoms with E-state index in [1.54, 1.807) is 25.3 Å². The largest absolute Gasteiger partial charge is 0.496 e. The summed E-state index contributed by atoms with van der Waals surface area (Å²) in [6.45, 7) is 0.441. The van der Waals surface area contributed by atoms with Crippen molar-refractivity contribution in [2.24, 2.45) is 0 Å². The van der Waals surface area contributed by atoms with E-state index in [1.807, 2.05) is 24.3 Å². The molecule has 0 aliphatic rings. The van der Waals surface area contributed by atoms with Crippen LogP contribution in [0.25, 0.3) is 0 Å². The van der Waals surface area contributed by atoms with Crippen LogP contribution in [0.3, 0.4) is 0 Å². The minimum absolute atomic E-state index is 0.186. The highest BCUT2D eigenvalue weighted by molar-refractivity contribution is 6.03. The van der Waals surface area contributed by atoms with Gasteiger partial charge in [-0.1, -0.05) is 24.3 Å². The standard InChI is InChI=1S/C21H20N4O4/c1-28-18-9-4-3-6-15(18)13-23-21-22-11-10-17(25-21)19(26)24-16-8-5-7-14(12-16)20(27)29-2/h3-12H,13H2,1-2H3,(H,24,26)(H,22,23,25). The molecular formula is C21H20N4O4. The molecule has 0 radical (unpaired) electrons. The molecule has 8 heteroatoms. The number of rotatable bonds is 7. The number of hydrogen-bond donors (Lipinski definition) is 2. The van der Waals surface area contributed by atoms with Crippen LogP contribution in [0, 0.1) is 0 Å². The Kier molecular flexibility index (Phi) is 6.36. The van der Waals surface area contributed by atoms with E-state index in [9.17, 15) is 9.59 Å². The molecule has 29 heavy (non-hydrogen) atoms. The number of hydrogen-bond acceptors (Lipinski definition) is 7. The molecule has 0 saturated carbocycles. The number of esters is 1. The molecule has 2 N–H and O–H groups in total. The molecule has 0 atom stereocenters. The normalized spacial score (nSPS) is 10.1. The first-order valence-corrected chi connectivity index (χ1v) is 8.79. The molecule has 0 fully saturated rings. The number of carbonyl (C=O) groups is 2. The Morgan fingerprint density at radius 3 is 2.66 bits per heavy atom. The monoisotopic (exact) mass is 392 g/mol. The minimum Gasteiger partial charge on any atom is -0.496 e. The van der Waals surface area contributed by atoms with Crippen LogP contribution in [0.1, 0.15) is 26.4 Å². The van der Waals surface area contributed by atoms with Crippen molar-refractivity contribution in [1.82, 2.24) is 9.97 Å². The number of para-hydroxylation sites is 1. The third-order valence-corrected chi connectivity index (χ3v) is 4.06. The smallest absolute Gasteiger partial charge is 0.337 e. The first kappa shape index (κ1) is 19.8. The van der Waals surface area contributed by atoms with E-state index in [0.29, 0.717) is 23.7 Å². The van der Waals surface area contributed by atoms with Crippen LogP contribution in [0.2, 0.25) is 0 Å². The first-order chi connectivity index (χ1) is 14.1. The summed E-state index contributed by atoms with van der Waals surface area (Å²) in [7, 11) is 2.91. The van der Waals surface area contributed by atoms with Gasteiger partial charge in [0.15, 0.2) is 0 Å². The second kappa shape index (κ2) is 9.32. The number of benzene rings is 2. The van der Waals surface area contributed by atoms with E-state index in [-0.39, 0.29) is 5.69 Å². The number of carbonyl (C=O) groups excluding carboxylic acids is 2. The van der Waals surface area contributed by atoms with Crippen molar-refractivity contribution < 1.29 is 19.1 Å². The Balaban J connectivity index is 1.69. The van der Waals surface area contributed by atoms with Crippen molar-refractivity contribution in [2.45, 2.75) is 6.54 Å². The van der Waals surface area contributed by atoms with E-state index in [1.165, 1.54) is 25.4 Å². The van der Waals surface area contributed by atoms with Crippen molar-refractivity contribution >= 4 is 23.5 Å². The number of aromatic nitrogens is 2. The number of amides is 1. The molecule has 148 valence electrons. The van der Waals surface area contributed by atoms with Crippen LogP contribution in [-0.4, -0.2) is 36.1 Å². The fraction of sp³-hybridized carbons (Fsp3) is 0.143. The minimum atomic E-state index is -0.481. The fourth-order valence-electron chi connectivity index (χ4n) is 2.63. The topological polar surface area (TPSA) is 102 Å². The second-order valence-electron chi connectivity index (χ2n) is 5.96. The highest BCUT2D eigenvalue weighted by Crippen LogP contribution is 2.18. The lowest BCUT2D eigenvalue weighted by Gasteiger charge is -2.10. The van der Waals surface area contributed by atoms with Gasteiger partial charge in [0.05, 0.1) is 19.8 Å². The van der Waals surface area contributed by atoms with Gasteiger partial charge >= 0.3 is 5.97 Å². The van der Waals surface area contributed by atoms with Gasteiger partial charge in [0.1, 0.15) is 11.4 Å². The molecule has 0 aliphatic carbocycles. The zero-order valence-electron chi connectivity index (χ0n) is 16.0. The van der Waals surface area contributed by atoms with E-state index in [4.69, 9.17) is 4.74 Å². The summed E-state index contributed by atoms with van der Waals surface area (Å²) < 4.78 is 10.0. The molecule has 1 aromatic heterocycles. The van der Waals surface area contributed by atoms with Gasteiger partial charge in [0, 0.05) is 24.0 Å². The van der Waals surface area contributed by atoms with Crippen LogP contribution >= 0.6 is 0 Å². The maximum absolute atomic E-state index is 12.5. The van der Waals surface area contributed by atoms with Crippen LogP contribution in [0.15, 0.2) is 60.8 Å². The zero-order valence-corrected chi connectivity index (χ0v) is 16.0. The van der Waals surface area contributed by atoms with Crippen LogP contribution in [0.5, 0.6) is 5.75 Å². The molecule has 3 aromatic rings. The molecule has 0 spiro atoms. The summed E-state index contributed by atoms with van der Waals surface area (Å²) in [4.78, 5) is 32.5. The molecule has 0 aliphatic heterocycles. The number of nitrogens with one attached hydrogen (secondary N) is 2. The molecular weight excluding hydrogens is 372 g/mol. The van der Waals surface area contributed by atoms with Crippen LogP contribution < -0.4 is 15.4 Å². The van der Waals surface area contributed by atoms with Crippen molar-refractivity contribution in [1.29, 1.82) is 0 Å². The second-order valence-corrected chi connectivity index (χ2v) is 5.96. The predicted molar refractivity (Wildman–Crippen MR) is 108 cm³/mol. The summed E-state index contributed by atoms with van der Waals surface area (Å²) in [6.07, 6.45) is 1.50. The quantitative estimate of drug-likeness (QED) is 0.596. The first-order valence-electron chi connectivity index (χ1n) is 8.79. The fourth-order valence-corrected chi connectivity index (χ4v) is 2.63. The maximum atomic E-state index is 12.5. The van der Waals surface area contributed by atoms with Gasteiger partial charge in [-0.25, -0.2) is 14.8 Å². The van der Waals surface area contributed by atoms with Crippen LogP contribution in [0.4, 0.5) is 11.6 Å². The Bertz CT molecular complexity index is 1020. The van der Waals surface area contributed by atoms with E-state index >= 15 is 0 Å². The van der Waals surface area contributed by atoms with Gasteiger partial charge in [-0.15, -0.1) is 0 Å². The molecule has 0 unspecified atom stereocenters. The summed E-state index contributed by atoms with van der Waals surface area (Å²) in [5, 5.41) is 5.80. The lowest BCUT2D eigenvalue weighted by molar-refractivity contribution is 0.0600. The SMILES string of the molecule is COC(=O)c1cccc(NC(=O)c2ccnc(NCc3ccccc3OC)n2)c1. The van der Waals surface area contributed by atoms with Crippen LogP contribution in [-0.2, 0) is 11.3 Å². The van der Waals surface area contributed by atoms with Gasteiger partial charge in [-0.2, -0.15) is 0 Å². The van der Waals surface area contributed by atoms with Gasteiger partial charge in [-0.05, 0) is 30.3 Å². The molecule has 2 aromatic carbocycles. The van der Waals surface area contributed by atoms with Gasteiger partial charge in [0.25, 0.3) is 5.91 Å². The molecule has 3 rings (SSSR count). The molecule has 8 nitrogen and oxygen atoms in total. The number of ether oxygens (including phenoxy) is 2. The van der Waals surface area contributed by atoms with Gasteiger partial charge < -0.3 is 20.1 Å². The van der Waals surface area contributed by atoms with Crippen molar-refractivity contribution in [2.75, 3.05) is 24.9 Å². The number of nitrogens with zero attached hydrogens (tertiary/aromatic N) is 2. The Morgan fingerprint density at radius 1 is 1.03 bits per heavy atom. The van der Waals surface area contributed by atoms with E-state index in [2.05, 4.69) is 25.3 Å². The zero-order chi connectivity index (χ0) is 20.6. The summed E-state index contributed by atoms with van der Waals surface area (Å²) in [5.74, 6) is 0.159. The van der Waals surface area contributed by atoms with E-state index in [0.717, 1.165) is 11.3 Å². The highest BCUT2D eigenvalue weighted by atomic mass is 16.5. The molecule has 0 bridgehead atoms. The average Bonchev–Trinajstić information content (AvgIpc) is 2.77. The lowest BCUT2D eigenvalue weighted by Crippen LogP contribution is -2.16. The third-order valence-electron chi connectivity index (χ3n) is 4.06.